The van der Waals surface area contributed by atoms with Crippen LogP contribution in [-0.2, 0) is 4.79 Å². The summed E-state index contributed by atoms with van der Waals surface area (Å²) < 4.78 is 15.1. The zero-order chi connectivity index (χ0) is 17.9. The molecule has 0 unspecified atom stereocenters. The van der Waals surface area contributed by atoms with Gasteiger partial charge in [0.05, 0.1) is 5.69 Å². The molecule has 0 aliphatic heterocycles. The van der Waals surface area contributed by atoms with Crippen molar-refractivity contribution in [1.29, 1.82) is 0 Å². The molecule has 128 valence electrons. The molecule has 0 fully saturated rings. The topological polar surface area (TPSA) is 46.4 Å². The van der Waals surface area contributed by atoms with Crippen molar-refractivity contribution in [2.45, 2.75) is 0 Å². The number of carbonyl (C=O) groups excluding carboxylic acids is 1. The third-order valence-electron chi connectivity index (χ3n) is 3.82. The van der Waals surface area contributed by atoms with Gasteiger partial charge in [0.15, 0.2) is 4.96 Å². The highest BCUT2D eigenvalue weighted by molar-refractivity contribution is 7.15. The molecule has 0 aliphatic rings. The largest absolute Gasteiger partial charge is 0.323 e. The van der Waals surface area contributed by atoms with Crippen LogP contribution in [0, 0.1) is 5.82 Å². The van der Waals surface area contributed by atoms with Crippen LogP contribution in [0.15, 0.2) is 72.4 Å². The number of aromatic nitrogens is 2. The van der Waals surface area contributed by atoms with Gasteiger partial charge in [0, 0.05) is 35.1 Å². The molecule has 4 nitrogen and oxygen atoms in total. The standard InChI is InChI=1S/C20H14FN3OS/c21-16-3-1-2-14(12-16)4-9-19(25)22-17-7-5-15(6-8-17)18-13-24-10-11-26-20(24)23-18/h1-13H,(H,22,25)/b9-4+. The molecule has 4 aromatic rings. The maximum atomic E-state index is 13.1. The molecule has 26 heavy (non-hydrogen) atoms. The Morgan fingerprint density at radius 3 is 2.81 bits per heavy atom. The van der Waals surface area contributed by atoms with Gasteiger partial charge in [-0.1, -0.05) is 24.3 Å². The number of halogens is 1. The van der Waals surface area contributed by atoms with E-state index in [1.54, 1.807) is 29.5 Å². The lowest BCUT2D eigenvalue weighted by atomic mass is 10.1. The molecule has 1 amide bonds. The van der Waals surface area contributed by atoms with E-state index in [2.05, 4.69) is 10.3 Å². The highest BCUT2D eigenvalue weighted by atomic mass is 32.1. The molecule has 2 heterocycles. The highest BCUT2D eigenvalue weighted by Crippen LogP contribution is 2.23. The Morgan fingerprint density at radius 1 is 1.19 bits per heavy atom. The second kappa shape index (κ2) is 6.93. The summed E-state index contributed by atoms with van der Waals surface area (Å²) in [7, 11) is 0. The van der Waals surface area contributed by atoms with Crippen LogP contribution in [0.5, 0.6) is 0 Å². The van der Waals surface area contributed by atoms with Crippen molar-refractivity contribution in [3.05, 3.63) is 83.8 Å². The Bertz CT molecular complexity index is 1070. The maximum Gasteiger partial charge on any atom is 0.248 e. The van der Waals surface area contributed by atoms with Gasteiger partial charge in [0.25, 0.3) is 0 Å². The Morgan fingerprint density at radius 2 is 2.04 bits per heavy atom. The first-order valence-corrected chi connectivity index (χ1v) is 8.83. The quantitative estimate of drug-likeness (QED) is 0.527. The highest BCUT2D eigenvalue weighted by Gasteiger charge is 2.05. The van der Waals surface area contributed by atoms with Crippen molar-refractivity contribution in [2.75, 3.05) is 5.32 Å². The van der Waals surface area contributed by atoms with E-state index in [9.17, 15) is 9.18 Å². The summed E-state index contributed by atoms with van der Waals surface area (Å²) in [5.41, 5.74) is 3.19. The van der Waals surface area contributed by atoms with Crippen molar-refractivity contribution in [1.82, 2.24) is 9.38 Å². The van der Waals surface area contributed by atoms with Gasteiger partial charge in [-0.2, -0.15) is 0 Å². The minimum Gasteiger partial charge on any atom is -0.323 e. The summed E-state index contributed by atoms with van der Waals surface area (Å²) in [6.07, 6.45) is 6.90. The lowest BCUT2D eigenvalue weighted by Crippen LogP contribution is -2.07. The predicted octanol–water partition coefficient (Wildman–Crippen LogP) is 4.85. The number of nitrogens with zero attached hydrogens (tertiary/aromatic N) is 2. The van der Waals surface area contributed by atoms with E-state index in [1.165, 1.54) is 18.2 Å². The van der Waals surface area contributed by atoms with Crippen LogP contribution in [-0.4, -0.2) is 15.3 Å². The van der Waals surface area contributed by atoms with E-state index < -0.39 is 0 Å². The molecule has 2 aromatic carbocycles. The number of anilines is 1. The van der Waals surface area contributed by atoms with E-state index in [-0.39, 0.29) is 11.7 Å². The number of hydrogen-bond acceptors (Lipinski definition) is 3. The molecule has 2 aromatic heterocycles. The van der Waals surface area contributed by atoms with E-state index in [4.69, 9.17) is 0 Å². The first kappa shape index (κ1) is 16.2. The molecule has 0 aliphatic carbocycles. The number of thiazole rings is 1. The summed E-state index contributed by atoms with van der Waals surface area (Å²) in [4.78, 5) is 17.5. The average Bonchev–Trinajstić information content (AvgIpc) is 3.23. The molecule has 0 spiro atoms. The third-order valence-corrected chi connectivity index (χ3v) is 4.59. The normalized spacial score (nSPS) is 11.3. The molecule has 0 radical (unpaired) electrons. The van der Waals surface area contributed by atoms with Crippen molar-refractivity contribution in [2.24, 2.45) is 0 Å². The Kier molecular flexibility index (Phi) is 4.33. The van der Waals surface area contributed by atoms with Crippen LogP contribution < -0.4 is 5.32 Å². The maximum absolute atomic E-state index is 13.1. The van der Waals surface area contributed by atoms with Crippen molar-refractivity contribution in [3.63, 3.8) is 0 Å². The van der Waals surface area contributed by atoms with Gasteiger partial charge in [-0.3, -0.25) is 9.20 Å². The molecule has 0 bridgehead atoms. The number of benzene rings is 2. The number of carbonyl (C=O) groups is 1. The van der Waals surface area contributed by atoms with Gasteiger partial charge in [0.2, 0.25) is 5.91 Å². The van der Waals surface area contributed by atoms with Gasteiger partial charge in [-0.25, -0.2) is 9.37 Å². The van der Waals surface area contributed by atoms with Crippen LogP contribution in [0.25, 0.3) is 22.3 Å². The summed E-state index contributed by atoms with van der Waals surface area (Å²) in [5, 5.41) is 4.77. The van der Waals surface area contributed by atoms with Crippen LogP contribution in [0.3, 0.4) is 0 Å². The van der Waals surface area contributed by atoms with Gasteiger partial charge >= 0.3 is 0 Å². The number of rotatable bonds is 4. The number of hydrogen-bond donors (Lipinski definition) is 1. The Balaban J connectivity index is 1.43. The smallest absolute Gasteiger partial charge is 0.248 e. The summed E-state index contributed by atoms with van der Waals surface area (Å²) in [6, 6.07) is 13.6. The SMILES string of the molecule is O=C(/C=C/c1cccc(F)c1)Nc1ccc(-c2cn3ccsc3n2)cc1. The van der Waals surface area contributed by atoms with Crippen LogP contribution >= 0.6 is 11.3 Å². The van der Waals surface area contributed by atoms with Gasteiger partial charge in [0.1, 0.15) is 5.82 Å². The predicted molar refractivity (Wildman–Crippen MR) is 103 cm³/mol. The fourth-order valence-corrected chi connectivity index (χ4v) is 3.26. The number of fused-ring (bicyclic) bond motifs is 1. The minimum atomic E-state index is -0.331. The number of imidazole rings is 1. The number of nitrogens with one attached hydrogen (secondary N) is 1. The average molecular weight is 363 g/mol. The summed E-state index contributed by atoms with van der Waals surface area (Å²) in [5.74, 6) is -0.605. The first-order chi connectivity index (χ1) is 12.7. The molecule has 0 saturated carbocycles. The van der Waals surface area contributed by atoms with E-state index in [0.29, 0.717) is 11.3 Å². The van der Waals surface area contributed by atoms with Crippen molar-refractivity contribution >= 4 is 34.0 Å². The van der Waals surface area contributed by atoms with E-state index >= 15 is 0 Å². The van der Waals surface area contributed by atoms with Crippen LogP contribution in [0.2, 0.25) is 0 Å². The molecular weight excluding hydrogens is 349 g/mol. The molecular formula is C20H14FN3OS. The Labute approximate surface area is 153 Å². The fourth-order valence-electron chi connectivity index (χ4n) is 2.56. The van der Waals surface area contributed by atoms with Gasteiger partial charge in [-0.05, 0) is 35.9 Å². The number of amides is 1. The molecule has 0 atom stereocenters. The summed E-state index contributed by atoms with van der Waals surface area (Å²) in [6.45, 7) is 0. The van der Waals surface area contributed by atoms with Crippen LogP contribution in [0.1, 0.15) is 5.56 Å². The second-order valence-corrected chi connectivity index (χ2v) is 6.55. The zero-order valence-electron chi connectivity index (χ0n) is 13.6. The molecule has 6 heteroatoms. The minimum absolute atomic E-state index is 0.274. The first-order valence-electron chi connectivity index (χ1n) is 7.95. The fraction of sp³-hybridized carbons (Fsp3) is 0. The van der Waals surface area contributed by atoms with Gasteiger partial charge in [-0.15, -0.1) is 11.3 Å². The second-order valence-electron chi connectivity index (χ2n) is 5.67. The van der Waals surface area contributed by atoms with Crippen molar-refractivity contribution < 1.29 is 9.18 Å². The molecule has 4 rings (SSSR count). The van der Waals surface area contributed by atoms with Crippen molar-refractivity contribution in [3.8, 4) is 11.3 Å². The summed E-state index contributed by atoms with van der Waals surface area (Å²) >= 11 is 1.58. The zero-order valence-corrected chi connectivity index (χ0v) is 14.4. The Hall–Kier alpha value is -3.25. The lowest BCUT2D eigenvalue weighted by molar-refractivity contribution is -0.111. The molecule has 0 saturated heterocycles. The van der Waals surface area contributed by atoms with E-state index in [0.717, 1.165) is 16.2 Å². The third kappa shape index (κ3) is 3.55. The van der Waals surface area contributed by atoms with Crippen LogP contribution in [0.4, 0.5) is 10.1 Å². The van der Waals surface area contributed by atoms with Gasteiger partial charge < -0.3 is 5.32 Å². The monoisotopic (exact) mass is 363 g/mol. The lowest BCUT2D eigenvalue weighted by Gasteiger charge is -2.03. The molecule has 1 N–H and O–H groups in total. The van der Waals surface area contributed by atoms with E-state index in [1.807, 2.05) is 46.4 Å².